The summed E-state index contributed by atoms with van der Waals surface area (Å²) in [5.41, 5.74) is 1.57. The molecule has 1 fully saturated rings. The number of carbonyl (C=O) groups is 1. The first-order valence-corrected chi connectivity index (χ1v) is 9.79. The molecule has 8 heteroatoms. The Hall–Kier alpha value is -2.87. The Morgan fingerprint density at radius 2 is 1.93 bits per heavy atom. The molecule has 0 bridgehead atoms. The van der Waals surface area contributed by atoms with Gasteiger partial charge in [0.25, 0.3) is 0 Å². The van der Waals surface area contributed by atoms with Gasteiger partial charge in [-0.2, -0.15) is 0 Å². The summed E-state index contributed by atoms with van der Waals surface area (Å²) in [6.07, 6.45) is 3.59. The molecule has 2 aromatic carbocycles. The second-order valence-electron chi connectivity index (χ2n) is 6.51. The molecule has 1 aliphatic carbocycles. The highest BCUT2D eigenvalue weighted by Crippen LogP contribution is 2.36. The molecule has 28 heavy (non-hydrogen) atoms. The lowest BCUT2D eigenvalue weighted by atomic mass is 10.1. The molecule has 3 aromatic rings. The fourth-order valence-electron chi connectivity index (χ4n) is 2.75. The summed E-state index contributed by atoms with van der Waals surface area (Å²) in [7, 11) is 1.61. The minimum atomic E-state index is -0.553. The van der Waals surface area contributed by atoms with Gasteiger partial charge < -0.3 is 10.1 Å². The van der Waals surface area contributed by atoms with E-state index in [2.05, 4.69) is 15.5 Å². The SMILES string of the molecule is COc1ccc(-n2cnnc2S[C@H](C(=O)NC2CC2)c2ccc(F)cc2)cc1. The third kappa shape index (κ3) is 4.17. The van der Waals surface area contributed by atoms with E-state index in [0.29, 0.717) is 10.7 Å². The first kappa shape index (κ1) is 18.5. The maximum atomic E-state index is 13.4. The number of amides is 1. The number of aromatic nitrogens is 3. The van der Waals surface area contributed by atoms with Crippen LogP contribution in [0.4, 0.5) is 4.39 Å². The summed E-state index contributed by atoms with van der Waals surface area (Å²) in [5.74, 6) is 0.305. The fourth-order valence-corrected chi connectivity index (χ4v) is 3.78. The molecule has 6 nitrogen and oxygen atoms in total. The van der Waals surface area contributed by atoms with Gasteiger partial charge in [-0.1, -0.05) is 23.9 Å². The average molecular weight is 398 g/mol. The van der Waals surface area contributed by atoms with E-state index in [1.165, 1.54) is 23.9 Å². The van der Waals surface area contributed by atoms with Gasteiger partial charge in [-0.25, -0.2) is 4.39 Å². The van der Waals surface area contributed by atoms with Crippen molar-refractivity contribution < 1.29 is 13.9 Å². The molecule has 1 amide bonds. The molecule has 1 saturated carbocycles. The number of hydrogen-bond acceptors (Lipinski definition) is 5. The Labute approximate surface area is 166 Å². The minimum Gasteiger partial charge on any atom is -0.497 e. The highest BCUT2D eigenvalue weighted by molar-refractivity contribution is 8.00. The van der Waals surface area contributed by atoms with Crippen LogP contribution in [0.25, 0.3) is 5.69 Å². The molecule has 0 aliphatic heterocycles. The monoisotopic (exact) mass is 398 g/mol. The van der Waals surface area contributed by atoms with Crippen LogP contribution >= 0.6 is 11.8 Å². The zero-order chi connectivity index (χ0) is 19.5. The lowest BCUT2D eigenvalue weighted by molar-refractivity contribution is -0.120. The van der Waals surface area contributed by atoms with Gasteiger partial charge in [0.2, 0.25) is 5.91 Å². The highest BCUT2D eigenvalue weighted by atomic mass is 32.2. The van der Waals surface area contributed by atoms with Crippen LogP contribution in [0, 0.1) is 5.82 Å². The van der Waals surface area contributed by atoms with E-state index in [1.807, 2.05) is 28.8 Å². The summed E-state index contributed by atoms with van der Waals surface area (Å²) in [4.78, 5) is 12.8. The number of nitrogens with zero attached hydrogens (tertiary/aromatic N) is 3. The Morgan fingerprint density at radius 3 is 2.57 bits per heavy atom. The van der Waals surface area contributed by atoms with Crippen molar-refractivity contribution in [3.8, 4) is 11.4 Å². The van der Waals surface area contributed by atoms with E-state index < -0.39 is 5.25 Å². The van der Waals surface area contributed by atoms with Gasteiger partial charge in [0.15, 0.2) is 5.16 Å². The van der Waals surface area contributed by atoms with E-state index in [0.717, 1.165) is 24.3 Å². The Balaban J connectivity index is 1.62. The van der Waals surface area contributed by atoms with E-state index in [-0.39, 0.29) is 17.8 Å². The summed E-state index contributed by atoms with van der Waals surface area (Å²) in [6, 6.07) is 13.7. The number of carbonyl (C=O) groups excluding carboxylic acids is 1. The molecule has 1 heterocycles. The molecular weight excluding hydrogens is 379 g/mol. The molecule has 0 saturated heterocycles. The maximum absolute atomic E-state index is 13.4. The quantitative estimate of drug-likeness (QED) is 0.617. The Morgan fingerprint density at radius 1 is 1.21 bits per heavy atom. The van der Waals surface area contributed by atoms with Gasteiger partial charge in [-0.05, 0) is 54.8 Å². The van der Waals surface area contributed by atoms with Crippen LogP contribution in [0.1, 0.15) is 23.7 Å². The summed E-state index contributed by atoms with van der Waals surface area (Å²) < 4.78 is 20.4. The minimum absolute atomic E-state index is 0.108. The predicted molar refractivity (Wildman–Crippen MR) is 104 cm³/mol. The maximum Gasteiger partial charge on any atom is 0.238 e. The lowest BCUT2D eigenvalue weighted by Crippen LogP contribution is -2.30. The van der Waals surface area contributed by atoms with Crippen LogP contribution in [-0.2, 0) is 4.79 Å². The number of hydrogen-bond donors (Lipinski definition) is 1. The molecule has 144 valence electrons. The smallest absolute Gasteiger partial charge is 0.238 e. The van der Waals surface area contributed by atoms with Crippen LogP contribution < -0.4 is 10.1 Å². The van der Waals surface area contributed by atoms with E-state index in [9.17, 15) is 9.18 Å². The van der Waals surface area contributed by atoms with Crippen molar-refractivity contribution in [1.82, 2.24) is 20.1 Å². The number of ether oxygens (including phenoxy) is 1. The molecule has 1 N–H and O–H groups in total. The van der Waals surface area contributed by atoms with Crippen molar-refractivity contribution >= 4 is 17.7 Å². The highest BCUT2D eigenvalue weighted by Gasteiger charge is 2.30. The van der Waals surface area contributed by atoms with Crippen LogP contribution in [-0.4, -0.2) is 33.8 Å². The van der Waals surface area contributed by atoms with Gasteiger partial charge in [0.1, 0.15) is 23.1 Å². The molecular formula is C20H19FN4O2S. The Bertz CT molecular complexity index is 955. The molecule has 0 radical (unpaired) electrons. The standard InChI is InChI=1S/C20H19FN4O2S/c1-27-17-10-8-16(9-11-17)25-12-22-24-20(25)28-18(19(26)23-15-6-7-15)13-2-4-14(21)5-3-13/h2-5,8-12,15,18H,6-7H2,1H3,(H,23,26)/t18-/m0/s1. The van der Waals surface area contributed by atoms with Gasteiger partial charge >= 0.3 is 0 Å². The van der Waals surface area contributed by atoms with E-state index >= 15 is 0 Å². The number of benzene rings is 2. The topological polar surface area (TPSA) is 69.0 Å². The van der Waals surface area contributed by atoms with Crippen molar-refractivity contribution in [3.63, 3.8) is 0 Å². The van der Waals surface area contributed by atoms with Crippen molar-refractivity contribution in [1.29, 1.82) is 0 Å². The summed E-state index contributed by atoms with van der Waals surface area (Å²) in [6.45, 7) is 0. The van der Waals surface area contributed by atoms with Gasteiger partial charge in [-0.15, -0.1) is 10.2 Å². The lowest BCUT2D eigenvalue weighted by Gasteiger charge is -2.17. The molecule has 0 unspecified atom stereocenters. The van der Waals surface area contributed by atoms with Crippen molar-refractivity contribution in [2.45, 2.75) is 29.3 Å². The third-order valence-electron chi connectivity index (χ3n) is 4.42. The molecule has 1 atom stereocenters. The van der Waals surface area contributed by atoms with Gasteiger partial charge in [-0.3, -0.25) is 9.36 Å². The first-order valence-electron chi connectivity index (χ1n) is 8.91. The molecule has 4 rings (SSSR count). The first-order chi connectivity index (χ1) is 13.6. The van der Waals surface area contributed by atoms with Crippen molar-refractivity contribution in [2.75, 3.05) is 7.11 Å². The van der Waals surface area contributed by atoms with Crippen LogP contribution in [0.15, 0.2) is 60.0 Å². The van der Waals surface area contributed by atoms with Crippen LogP contribution in [0.3, 0.4) is 0 Å². The van der Waals surface area contributed by atoms with Crippen LogP contribution in [0.5, 0.6) is 5.75 Å². The summed E-state index contributed by atoms with van der Waals surface area (Å²) >= 11 is 1.29. The molecule has 0 spiro atoms. The number of nitrogens with one attached hydrogen (secondary N) is 1. The second-order valence-corrected chi connectivity index (χ2v) is 7.59. The van der Waals surface area contributed by atoms with Gasteiger partial charge in [0, 0.05) is 11.7 Å². The number of methoxy groups -OCH3 is 1. The summed E-state index contributed by atoms with van der Waals surface area (Å²) in [5, 5.41) is 11.2. The van der Waals surface area contributed by atoms with Crippen molar-refractivity contribution in [3.05, 3.63) is 66.2 Å². The van der Waals surface area contributed by atoms with E-state index in [1.54, 1.807) is 25.6 Å². The zero-order valence-electron chi connectivity index (χ0n) is 15.2. The number of rotatable bonds is 7. The predicted octanol–water partition coefficient (Wildman–Crippen LogP) is 3.53. The Kier molecular flexibility index (Phi) is 5.29. The largest absolute Gasteiger partial charge is 0.497 e. The second kappa shape index (κ2) is 8.02. The number of thioether (sulfide) groups is 1. The number of halogens is 1. The molecule has 1 aromatic heterocycles. The van der Waals surface area contributed by atoms with E-state index in [4.69, 9.17) is 4.74 Å². The van der Waals surface area contributed by atoms with Gasteiger partial charge in [0.05, 0.1) is 7.11 Å². The average Bonchev–Trinajstić information content (AvgIpc) is 3.41. The zero-order valence-corrected chi connectivity index (χ0v) is 16.0. The fraction of sp³-hybridized carbons (Fsp3) is 0.250. The van der Waals surface area contributed by atoms with Crippen LogP contribution in [0.2, 0.25) is 0 Å². The molecule has 1 aliphatic rings. The normalized spacial score (nSPS) is 14.5. The van der Waals surface area contributed by atoms with Crippen molar-refractivity contribution in [2.24, 2.45) is 0 Å². The third-order valence-corrected chi connectivity index (χ3v) is 5.64.